The number of nitrogens with zero attached hydrogens (tertiary/aromatic N) is 3. The highest BCUT2D eigenvalue weighted by Gasteiger charge is 2.50. The van der Waals surface area contributed by atoms with Gasteiger partial charge in [0, 0.05) is 19.1 Å². The van der Waals surface area contributed by atoms with Gasteiger partial charge in [-0.3, -0.25) is 0 Å². The minimum Gasteiger partial charge on any atom is -0.385 e. The summed E-state index contributed by atoms with van der Waals surface area (Å²) in [5.41, 5.74) is 5.62. The van der Waals surface area contributed by atoms with Crippen molar-refractivity contribution in [1.82, 2.24) is 9.80 Å². The minimum absolute atomic E-state index is 0.223. The van der Waals surface area contributed by atoms with Crippen LogP contribution in [0.3, 0.4) is 0 Å². The summed E-state index contributed by atoms with van der Waals surface area (Å²) in [5.74, 6) is 0.476. The quantitative estimate of drug-likeness (QED) is 0.722. The number of amides is 2. The van der Waals surface area contributed by atoms with Gasteiger partial charge in [-0.05, 0) is 26.8 Å². The van der Waals surface area contributed by atoms with Crippen molar-refractivity contribution < 1.29 is 4.79 Å². The number of likely N-dealkylation sites (tertiary alicyclic amines) is 1. The topological polar surface area (TPSA) is 61.9 Å². The third-order valence-corrected chi connectivity index (χ3v) is 4.02. The first-order valence-electron chi connectivity index (χ1n) is 5.98. The molecule has 94 valence electrons. The molecule has 0 aromatic heterocycles. The Hall–Kier alpha value is -1.36. The van der Waals surface area contributed by atoms with Crippen LogP contribution in [0.15, 0.2) is 17.6 Å². The molecule has 1 saturated heterocycles. The molecule has 2 aliphatic rings. The molecule has 17 heavy (non-hydrogen) atoms. The molecule has 0 aromatic carbocycles. The van der Waals surface area contributed by atoms with E-state index in [1.54, 1.807) is 11.0 Å². The zero-order valence-electron chi connectivity index (χ0n) is 10.5. The Labute approximate surface area is 102 Å². The molecule has 2 N–H and O–H groups in total. The molecule has 2 amide bonds. The summed E-state index contributed by atoms with van der Waals surface area (Å²) >= 11 is 0. The van der Waals surface area contributed by atoms with Crippen LogP contribution in [0.5, 0.6) is 0 Å². The summed E-state index contributed by atoms with van der Waals surface area (Å²) in [6.07, 6.45) is 3.43. The fourth-order valence-corrected chi connectivity index (χ4v) is 2.78. The number of urea groups is 1. The van der Waals surface area contributed by atoms with Crippen molar-refractivity contribution in [3.8, 4) is 0 Å². The first kappa shape index (κ1) is 12.1. The molecule has 0 radical (unpaired) electrons. The van der Waals surface area contributed by atoms with Crippen LogP contribution in [-0.4, -0.2) is 53.4 Å². The molecule has 0 aromatic rings. The molecule has 2 heterocycles. The van der Waals surface area contributed by atoms with E-state index in [2.05, 4.69) is 30.4 Å². The fourth-order valence-electron chi connectivity index (χ4n) is 2.78. The van der Waals surface area contributed by atoms with E-state index in [0.717, 1.165) is 19.4 Å². The van der Waals surface area contributed by atoms with Crippen LogP contribution in [0.25, 0.3) is 0 Å². The molecular weight excluding hydrogens is 216 g/mol. The average molecular weight is 236 g/mol. The van der Waals surface area contributed by atoms with E-state index in [9.17, 15) is 4.79 Å². The van der Waals surface area contributed by atoms with Gasteiger partial charge in [0.05, 0.1) is 0 Å². The third-order valence-electron chi connectivity index (χ3n) is 4.02. The molecule has 2 aliphatic heterocycles. The SMILES string of the molecule is C=CCN1C(=O)N=C(N)C12CCN(C)C(C)C2. The van der Waals surface area contributed by atoms with Gasteiger partial charge in [0.1, 0.15) is 11.4 Å². The number of hydrogen-bond acceptors (Lipinski definition) is 3. The van der Waals surface area contributed by atoms with Crippen molar-refractivity contribution in [2.24, 2.45) is 10.7 Å². The molecule has 2 rings (SSSR count). The van der Waals surface area contributed by atoms with Crippen molar-refractivity contribution in [2.45, 2.75) is 31.3 Å². The lowest BCUT2D eigenvalue weighted by Crippen LogP contribution is -2.61. The number of aliphatic imine (C=N–C) groups is 1. The van der Waals surface area contributed by atoms with E-state index >= 15 is 0 Å². The molecule has 2 unspecified atom stereocenters. The number of hydrogen-bond donors (Lipinski definition) is 1. The lowest BCUT2D eigenvalue weighted by Gasteiger charge is -2.46. The maximum absolute atomic E-state index is 11.8. The van der Waals surface area contributed by atoms with Crippen molar-refractivity contribution in [1.29, 1.82) is 0 Å². The summed E-state index contributed by atoms with van der Waals surface area (Å²) in [6.45, 7) is 7.30. The first-order valence-corrected chi connectivity index (χ1v) is 5.98. The van der Waals surface area contributed by atoms with Gasteiger partial charge in [-0.25, -0.2) is 4.79 Å². The molecule has 0 aliphatic carbocycles. The van der Waals surface area contributed by atoms with Crippen LogP contribution in [0.1, 0.15) is 19.8 Å². The smallest absolute Gasteiger partial charge is 0.346 e. The van der Waals surface area contributed by atoms with Gasteiger partial charge >= 0.3 is 6.03 Å². The molecule has 1 spiro atoms. The molecule has 2 atom stereocenters. The number of rotatable bonds is 2. The Kier molecular flexibility index (Phi) is 2.95. The molecule has 5 nitrogen and oxygen atoms in total. The molecule has 1 fully saturated rings. The monoisotopic (exact) mass is 236 g/mol. The van der Waals surface area contributed by atoms with Gasteiger partial charge in [0.25, 0.3) is 0 Å². The Morgan fingerprint density at radius 1 is 1.71 bits per heavy atom. The highest BCUT2D eigenvalue weighted by atomic mass is 16.2. The zero-order valence-corrected chi connectivity index (χ0v) is 10.5. The van der Waals surface area contributed by atoms with Gasteiger partial charge in [0.15, 0.2) is 0 Å². The van der Waals surface area contributed by atoms with Gasteiger partial charge in [0.2, 0.25) is 0 Å². The van der Waals surface area contributed by atoms with Gasteiger partial charge in [-0.2, -0.15) is 4.99 Å². The Balaban J connectivity index is 2.30. The van der Waals surface area contributed by atoms with Crippen molar-refractivity contribution in [2.75, 3.05) is 20.1 Å². The molecule has 0 saturated carbocycles. The van der Waals surface area contributed by atoms with Crippen LogP contribution < -0.4 is 5.73 Å². The maximum atomic E-state index is 11.8. The van der Waals surface area contributed by atoms with Crippen LogP contribution >= 0.6 is 0 Å². The lowest BCUT2D eigenvalue weighted by molar-refractivity contribution is 0.0867. The van der Waals surface area contributed by atoms with Crippen LogP contribution in [0.4, 0.5) is 4.79 Å². The summed E-state index contributed by atoms with van der Waals surface area (Å²) in [7, 11) is 2.10. The summed E-state index contributed by atoms with van der Waals surface area (Å²) in [6, 6.07) is 0.176. The lowest BCUT2D eigenvalue weighted by atomic mass is 9.82. The van der Waals surface area contributed by atoms with E-state index in [4.69, 9.17) is 5.73 Å². The number of nitrogens with two attached hydrogens (primary N) is 1. The number of carbonyl (C=O) groups excluding carboxylic acids is 1. The van der Waals surface area contributed by atoms with E-state index < -0.39 is 0 Å². The molecule has 5 heteroatoms. The van der Waals surface area contributed by atoms with Crippen molar-refractivity contribution in [3.63, 3.8) is 0 Å². The zero-order chi connectivity index (χ0) is 12.6. The van der Waals surface area contributed by atoms with E-state index in [1.807, 2.05) is 0 Å². The number of amidine groups is 1. The van der Waals surface area contributed by atoms with Crippen LogP contribution in [-0.2, 0) is 0 Å². The standard InChI is InChI=1S/C12H20N4O/c1-4-6-16-11(17)14-10(13)12(16)5-7-15(3)9(2)8-12/h4,9H,1,5-8H2,2-3H3,(H2,13,14,17). The van der Waals surface area contributed by atoms with E-state index in [-0.39, 0.29) is 11.6 Å². The summed E-state index contributed by atoms with van der Waals surface area (Å²) < 4.78 is 0. The average Bonchev–Trinajstić information content (AvgIpc) is 2.49. The second kappa shape index (κ2) is 4.14. The molecular formula is C12H20N4O. The Bertz CT molecular complexity index is 379. The largest absolute Gasteiger partial charge is 0.385 e. The second-order valence-corrected chi connectivity index (χ2v) is 4.99. The predicted octanol–water partition coefficient (Wildman–Crippen LogP) is 0.818. The number of piperidine rings is 1. The maximum Gasteiger partial charge on any atom is 0.346 e. The number of carbonyl (C=O) groups is 1. The highest BCUT2D eigenvalue weighted by molar-refractivity contribution is 6.06. The van der Waals surface area contributed by atoms with Crippen molar-refractivity contribution >= 4 is 11.9 Å². The van der Waals surface area contributed by atoms with E-state index in [1.165, 1.54) is 0 Å². The second-order valence-electron chi connectivity index (χ2n) is 4.99. The minimum atomic E-state index is -0.378. The molecule has 0 bridgehead atoms. The fraction of sp³-hybridized carbons (Fsp3) is 0.667. The highest BCUT2D eigenvalue weighted by Crippen LogP contribution is 2.35. The summed E-state index contributed by atoms with van der Waals surface area (Å²) in [4.78, 5) is 19.8. The van der Waals surface area contributed by atoms with E-state index in [0.29, 0.717) is 18.4 Å². The van der Waals surface area contributed by atoms with Crippen molar-refractivity contribution in [3.05, 3.63) is 12.7 Å². The Morgan fingerprint density at radius 3 is 3.00 bits per heavy atom. The third kappa shape index (κ3) is 1.74. The van der Waals surface area contributed by atoms with Crippen LogP contribution in [0.2, 0.25) is 0 Å². The van der Waals surface area contributed by atoms with Gasteiger partial charge in [-0.1, -0.05) is 6.08 Å². The van der Waals surface area contributed by atoms with Crippen LogP contribution in [0, 0.1) is 0 Å². The first-order chi connectivity index (χ1) is 8.01. The normalized spacial score (nSPS) is 34.2. The Morgan fingerprint density at radius 2 is 2.41 bits per heavy atom. The summed E-state index contributed by atoms with van der Waals surface area (Å²) in [5, 5.41) is 0. The van der Waals surface area contributed by atoms with Gasteiger partial charge < -0.3 is 15.5 Å². The predicted molar refractivity (Wildman–Crippen MR) is 68.0 cm³/mol. The van der Waals surface area contributed by atoms with Gasteiger partial charge in [-0.15, -0.1) is 6.58 Å².